The molecule has 0 amide bonds. The molecule has 8 heterocycles. The normalized spacial score (nSPS) is 10.7. The van der Waals surface area contributed by atoms with Crippen LogP contribution in [0.2, 0.25) is 15.5 Å². The van der Waals surface area contributed by atoms with Crippen LogP contribution in [-0.4, -0.2) is 53.2 Å². The van der Waals surface area contributed by atoms with Crippen molar-refractivity contribution in [1.82, 2.24) is 48.1 Å². The van der Waals surface area contributed by atoms with E-state index in [9.17, 15) is 9.59 Å². The number of pyridine rings is 3. The molecule has 8 rings (SSSR count). The van der Waals surface area contributed by atoms with Gasteiger partial charge in [-0.15, -0.1) is 0 Å². The number of halogens is 4. The lowest BCUT2D eigenvalue weighted by Crippen LogP contribution is -2.08. The van der Waals surface area contributed by atoms with Crippen molar-refractivity contribution in [2.24, 2.45) is 0 Å². The van der Waals surface area contributed by atoms with E-state index in [1.54, 1.807) is 18.2 Å². The summed E-state index contributed by atoms with van der Waals surface area (Å²) in [5.74, 6) is 0.580. The quantitative estimate of drug-likeness (QED) is 0.0585. The van der Waals surface area contributed by atoms with E-state index in [0.717, 1.165) is 39.4 Å². The van der Waals surface area contributed by atoms with Gasteiger partial charge in [0.1, 0.15) is 16.9 Å². The maximum Gasteiger partial charge on any atom is 0.251 e. The number of nitrogens with one attached hydrogen (secondary N) is 3. The van der Waals surface area contributed by atoms with Crippen molar-refractivity contribution in [3.05, 3.63) is 155 Å². The maximum atomic E-state index is 11.4. The SMILES string of the molecule is Cc1cc(=O)[nH]c(=S)[nH]1.Cc1cc(=O)[nH]c(SCc2c(Cl)nc3ccccn23)n1.Clc1nc2ccccn2c1CBr.OCc1c(Cl)nc2ccccn12. The van der Waals surface area contributed by atoms with E-state index in [4.69, 9.17) is 39.9 Å². The smallest absolute Gasteiger partial charge is 0.251 e. The predicted molar refractivity (Wildman–Crippen MR) is 215 cm³/mol. The van der Waals surface area contributed by atoms with Gasteiger partial charge in [0.15, 0.2) is 25.4 Å². The molecule has 0 atom stereocenters. The number of aliphatic hydroxyl groups is 1. The number of hydrogen-bond acceptors (Lipinski definition) is 9. The summed E-state index contributed by atoms with van der Waals surface area (Å²) >= 11 is 27.3. The molecule has 0 saturated heterocycles. The summed E-state index contributed by atoms with van der Waals surface area (Å²) in [5, 5.41) is 11.7. The first-order valence-corrected chi connectivity index (χ1v) is 19.1. The lowest BCUT2D eigenvalue weighted by atomic mass is 10.4. The minimum atomic E-state index is -0.156. The minimum Gasteiger partial charge on any atom is -0.390 e. The molecule has 8 aromatic heterocycles. The second-order valence-electron chi connectivity index (χ2n) is 10.9. The fraction of sp³-hybridized carbons (Fsp3) is 0.147. The first-order valence-electron chi connectivity index (χ1n) is 15.5. The number of alkyl halides is 1. The van der Waals surface area contributed by atoms with Crippen molar-refractivity contribution in [2.45, 2.75) is 36.7 Å². The van der Waals surface area contributed by atoms with Crippen LogP contribution in [0, 0.1) is 18.6 Å². The Hall–Kier alpha value is -4.29. The first kappa shape index (κ1) is 39.9. The lowest BCUT2D eigenvalue weighted by molar-refractivity contribution is 0.276. The number of imidazole rings is 3. The van der Waals surface area contributed by atoms with Gasteiger partial charge in [0.25, 0.3) is 11.1 Å². The molecule has 4 N–H and O–H groups in total. The van der Waals surface area contributed by atoms with Crippen LogP contribution in [0.5, 0.6) is 0 Å². The van der Waals surface area contributed by atoms with Gasteiger partial charge in [-0.2, -0.15) is 0 Å². The number of nitrogens with zero attached hydrogens (tertiary/aromatic N) is 7. The fourth-order valence-corrected chi connectivity index (χ4v) is 7.49. The summed E-state index contributed by atoms with van der Waals surface area (Å²) < 4.78 is 6.04. The molecule has 0 fully saturated rings. The molecular weight excluding hydrogens is 847 g/mol. The Morgan fingerprint density at radius 1 is 0.717 bits per heavy atom. The number of rotatable bonds is 5. The van der Waals surface area contributed by atoms with Crippen LogP contribution in [0.3, 0.4) is 0 Å². The third kappa shape index (κ3) is 10.4. The van der Waals surface area contributed by atoms with Crippen molar-refractivity contribution >= 4 is 91.7 Å². The third-order valence-corrected chi connectivity index (χ3v) is 9.63. The molecule has 53 heavy (non-hydrogen) atoms. The monoisotopic (exact) mass is 874 g/mol. The molecule has 0 spiro atoms. The van der Waals surface area contributed by atoms with E-state index < -0.39 is 0 Å². The zero-order chi connectivity index (χ0) is 38.1. The molecule has 0 saturated carbocycles. The number of H-pyrrole nitrogens is 3. The third-order valence-electron chi connectivity index (χ3n) is 7.10. The van der Waals surface area contributed by atoms with Gasteiger partial charge in [0.05, 0.1) is 23.7 Å². The Morgan fingerprint density at radius 3 is 1.70 bits per heavy atom. The molecule has 0 bridgehead atoms. The zero-order valence-corrected chi connectivity index (χ0v) is 33.4. The van der Waals surface area contributed by atoms with Gasteiger partial charge in [-0.1, -0.05) is 80.7 Å². The number of aromatic amines is 3. The summed E-state index contributed by atoms with van der Waals surface area (Å²) in [4.78, 5) is 46.7. The van der Waals surface area contributed by atoms with Gasteiger partial charge < -0.3 is 28.3 Å². The lowest BCUT2D eigenvalue weighted by Gasteiger charge is -2.02. The Morgan fingerprint density at radius 2 is 1.21 bits per heavy atom. The van der Waals surface area contributed by atoms with Gasteiger partial charge >= 0.3 is 0 Å². The summed E-state index contributed by atoms with van der Waals surface area (Å²) in [6.07, 6.45) is 5.68. The van der Waals surface area contributed by atoms with Crippen molar-refractivity contribution in [2.75, 3.05) is 0 Å². The van der Waals surface area contributed by atoms with Crippen LogP contribution >= 0.6 is 74.7 Å². The number of hydrogen-bond donors (Lipinski definition) is 4. The maximum absolute atomic E-state index is 11.4. The van der Waals surface area contributed by atoms with Crippen molar-refractivity contribution in [1.29, 1.82) is 0 Å². The fourth-order valence-electron chi connectivity index (χ4n) is 4.79. The largest absolute Gasteiger partial charge is 0.390 e. The van der Waals surface area contributed by atoms with Crippen LogP contribution in [0.15, 0.2) is 100 Å². The average Bonchev–Trinajstić information content (AvgIpc) is 3.74. The van der Waals surface area contributed by atoms with Gasteiger partial charge in [-0.3, -0.25) is 14.6 Å². The van der Waals surface area contributed by atoms with Crippen molar-refractivity contribution in [3.8, 4) is 0 Å². The van der Waals surface area contributed by atoms with E-state index in [-0.39, 0.29) is 17.7 Å². The van der Waals surface area contributed by atoms with E-state index in [1.807, 2.05) is 82.0 Å². The number of aryl methyl sites for hydroxylation is 2. The van der Waals surface area contributed by atoms with Crippen LogP contribution in [0.4, 0.5) is 0 Å². The second-order valence-corrected chi connectivity index (χ2v) is 13.9. The first-order chi connectivity index (χ1) is 25.5. The van der Waals surface area contributed by atoms with Gasteiger partial charge in [0, 0.05) is 53.2 Å². The molecule has 0 aliphatic carbocycles. The zero-order valence-electron chi connectivity index (χ0n) is 27.9. The van der Waals surface area contributed by atoms with Crippen molar-refractivity contribution < 1.29 is 5.11 Å². The van der Waals surface area contributed by atoms with Crippen molar-refractivity contribution in [3.63, 3.8) is 0 Å². The topological polar surface area (TPSA) is 167 Å². The molecule has 0 radical (unpaired) electrons. The number of thioether (sulfide) groups is 1. The molecular formula is C34H30BrCl3N10O3S2. The Kier molecular flexibility index (Phi) is 14.0. The molecule has 19 heteroatoms. The number of fused-ring (bicyclic) bond motifs is 3. The van der Waals surface area contributed by atoms with Gasteiger partial charge in [-0.05, 0) is 62.5 Å². The minimum absolute atomic E-state index is 0.0932. The summed E-state index contributed by atoms with van der Waals surface area (Å²) in [5.41, 5.74) is 6.13. The highest BCUT2D eigenvalue weighted by molar-refractivity contribution is 9.08. The van der Waals surface area contributed by atoms with Crippen LogP contribution in [-0.2, 0) is 17.7 Å². The van der Waals surface area contributed by atoms with E-state index in [2.05, 4.69) is 63.0 Å². The molecule has 8 aromatic rings. The molecule has 13 nitrogen and oxygen atoms in total. The molecule has 0 aliphatic rings. The Balaban J connectivity index is 0.000000143. The van der Waals surface area contributed by atoms with Gasteiger partial charge in [0.2, 0.25) is 0 Å². The summed E-state index contributed by atoms with van der Waals surface area (Å²) in [6, 6.07) is 20.1. The highest BCUT2D eigenvalue weighted by Crippen LogP contribution is 2.25. The standard InChI is InChI=1S/C13H11ClN4OS.C8H6BrClN2.C8H7ClN2O.C5H6N2OS/c1-8-6-11(19)17-13(15-8)20-7-9-12(14)16-10-4-2-3-5-18(9)10;9-5-6-8(10)11-7-3-1-2-4-12(6)7;9-8-6(5-12)11-4-2-1-3-7(11)10-8;1-3-2-4(8)7-5(9)6-3/h2-6H,7H2,1H3,(H,15,17,19);1-4H,5H2;1-4,12H,5H2;2H,1H3,(H2,6,7,8,9). The van der Waals surface area contributed by atoms with Gasteiger partial charge in [-0.25, -0.2) is 19.9 Å². The van der Waals surface area contributed by atoms with Crippen LogP contribution < -0.4 is 11.1 Å². The van der Waals surface area contributed by atoms with E-state index in [0.29, 0.717) is 42.5 Å². The molecule has 0 unspecified atom stereocenters. The summed E-state index contributed by atoms with van der Waals surface area (Å²) in [6.45, 7) is 3.48. The Labute approximate surface area is 334 Å². The molecule has 274 valence electrons. The predicted octanol–water partition coefficient (Wildman–Crippen LogP) is 7.78. The van der Waals surface area contributed by atoms with E-state index >= 15 is 0 Å². The Bertz CT molecular complexity index is 2560. The average molecular weight is 877 g/mol. The number of aliphatic hydroxyl groups excluding tert-OH is 1. The highest BCUT2D eigenvalue weighted by Gasteiger charge is 2.11. The molecule has 0 aliphatic heterocycles. The van der Waals surface area contributed by atoms with E-state index in [1.165, 1.54) is 23.9 Å². The molecule has 0 aromatic carbocycles. The van der Waals surface area contributed by atoms with Crippen LogP contribution in [0.25, 0.3) is 16.9 Å². The highest BCUT2D eigenvalue weighted by atomic mass is 79.9. The number of aromatic nitrogens is 10. The summed E-state index contributed by atoms with van der Waals surface area (Å²) in [7, 11) is 0. The second kappa shape index (κ2) is 18.6. The van der Waals surface area contributed by atoms with Crippen LogP contribution in [0.1, 0.15) is 28.5 Å².